The minimum absolute atomic E-state index is 0.127. The Bertz CT molecular complexity index is 418. The molecule has 0 aromatic carbocycles. The van der Waals surface area contributed by atoms with E-state index < -0.39 is 14.6 Å². The minimum Gasteiger partial charge on any atom is -0.508 e. The molecule has 0 aromatic rings. The van der Waals surface area contributed by atoms with Crippen LogP contribution in [-0.2, 0) is 14.6 Å². The number of sulfone groups is 1. The fourth-order valence-electron chi connectivity index (χ4n) is 1.36. The third-order valence-corrected chi connectivity index (χ3v) is 5.40. The van der Waals surface area contributed by atoms with Gasteiger partial charge in [-0.3, -0.25) is 0 Å². The van der Waals surface area contributed by atoms with E-state index in [0.29, 0.717) is 12.5 Å². The highest BCUT2D eigenvalue weighted by atomic mass is 32.2. The first kappa shape index (κ1) is 14.3. The van der Waals surface area contributed by atoms with Crippen LogP contribution in [0.4, 0.5) is 0 Å². The number of ether oxygens (including phenoxy) is 1. The van der Waals surface area contributed by atoms with Crippen LogP contribution in [0.3, 0.4) is 0 Å². The van der Waals surface area contributed by atoms with Gasteiger partial charge in [0.2, 0.25) is 0 Å². The lowest BCUT2D eigenvalue weighted by Gasteiger charge is -2.26. The van der Waals surface area contributed by atoms with E-state index in [1.807, 2.05) is 0 Å². The van der Waals surface area contributed by atoms with Crippen LogP contribution in [0.2, 0.25) is 0 Å². The highest BCUT2D eigenvalue weighted by Crippen LogP contribution is 2.28. The predicted molar refractivity (Wildman–Crippen MR) is 67.7 cm³/mol. The van der Waals surface area contributed by atoms with E-state index in [1.165, 1.54) is 12.2 Å². The van der Waals surface area contributed by atoms with Crippen LogP contribution in [0.1, 0.15) is 27.2 Å². The molecule has 2 aliphatic rings. The molecule has 0 bridgehead atoms. The molecular weight excluding hydrogens is 240 g/mol. The highest BCUT2D eigenvalue weighted by Gasteiger charge is 2.35. The molecule has 0 saturated carbocycles. The maximum Gasteiger partial charge on any atom is 0.159 e. The number of epoxide rings is 1. The second kappa shape index (κ2) is 5.23. The first-order valence-electron chi connectivity index (χ1n) is 5.73. The summed E-state index contributed by atoms with van der Waals surface area (Å²) in [5.74, 6) is 0.270. The molecule has 0 spiro atoms. The molecule has 17 heavy (non-hydrogen) atoms. The molecule has 0 amide bonds. The Morgan fingerprint density at radius 3 is 2.41 bits per heavy atom. The molecule has 1 heterocycles. The van der Waals surface area contributed by atoms with E-state index in [-0.39, 0.29) is 11.5 Å². The van der Waals surface area contributed by atoms with Crippen LogP contribution in [0.25, 0.3) is 0 Å². The molecule has 2 unspecified atom stereocenters. The monoisotopic (exact) mass is 260 g/mol. The van der Waals surface area contributed by atoms with Crippen molar-refractivity contribution < 1.29 is 18.3 Å². The predicted octanol–water partition coefficient (Wildman–Crippen LogP) is 1.99. The van der Waals surface area contributed by atoms with Crippen molar-refractivity contribution in [3.8, 4) is 0 Å². The number of hydrogen-bond donors (Lipinski definition) is 1. The van der Waals surface area contributed by atoms with Gasteiger partial charge < -0.3 is 9.84 Å². The van der Waals surface area contributed by atoms with E-state index >= 15 is 0 Å². The Morgan fingerprint density at radius 2 is 2.12 bits per heavy atom. The Balaban J connectivity index is 0.000000302. The Morgan fingerprint density at radius 1 is 1.59 bits per heavy atom. The van der Waals surface area contributed by atoms with E-state index in [0.717, 1.165) is 6.61 Å². The molecule has 1 saturated heterocycles. The van der Waals surface area contributed by atoms with Gasteiger partial charge in [0, 0.05) is 5.75 Å². The molecule has 5 heteroatoms. The van der Waals surface area contributed by atoms with Gasteiger partial charge in [-0.15, -0.1) is 0 Å². The van der Waals surface area contributed by atoms with Gasteiger partial charge in [-0.2, -0.15) is 0 Å². The van der Waals surface area contributed by atoms with Gasteiger partial charge in [-0.1, -0.05) is 13.0 Å². The van der Waals surface area contributed by atoms with Crippen LogP contribution < -0.4 is 0 Å². The van der Waals surface area contributed by atoms with E-state index in [9.17, 15) is 8.42 Å². The fraction of sp³-hybridized carbons (Fsp3) is 0.667. The van der Waals surface area contributed by atoms with Crippen molar-refractivity contribution in [3.05, 3.63) is 24.0 Å². The van der Waals surface area contributed by atoms with Crippen molar-refractivity contribution in [2.75, 3.05) is 12.4 Å². The van der Waals surface area contributed by atoms with Crippen LogP contribution in [-0.4, -0.2) is 36.7 Å². The Kier molecular flexibility index (Phi) is 4.38. The number of aliphatic hydroxyl groups excluding tert-OH is 1. The molecule has 1 aliphatic heterocycles. The quantitative estimate of drug-likeness (QED) is 0.771. The summed E-state index contributed by atoms with van der Waals surface area (Å²) in [6.45, 7) is 6.35. The van der Waals surface area contributed by atoms with Gasteiger partial charge in [0.05, 0.1) is 17.5 Å². The van der Waals surface area contributed by atoms with Crippen molar-refractivity contribution in [1.29, 1.82) is 0 Å². The van der Waals surface area contributed by atoms with E-state index in [2.05, 4.69) is 6.92 Å². The maximum absolute atomic E-state index is 11.6. The number of allylic oxidation sites excluding steroid dienone is 2. The summed E-state index contributed by atoms with van der Waals surface area (Å²) in [4.78, 5) is 0. The van der Waals surface area contributed by atoms with Gasteiger partial charge in [0.15, 0.2) is 9.84 Å². The van der Waals surface area contributed by atoms with Crippen molar-refractivity contribution in [2.24, 2.45) is 0 Å². The molecule has 1 N–H and O–H groups in total. The molecule has 1 aliphatic carbocycles. The van der Waals surface area contributed by atoms with Gasteiger partial charge in [-0.25, -0.2) is 8.42 Å². The first-order chi connectivity index (χ1) is 7.81. The molecule has 4 nitrogen and oxygen atoms in total. The Labute approximate surface area is 103 Å². The summed E-state index contributed by atoms with van der Waals surface area (Å²) in [5, 5.41) is 9.06. The topological polar surface area (TPSA) is 66.9 Å². The van der Waals surface area contributed by atoms with Crippen molar-refractivity contribution in [1.82, 2.24) is 0 Å². The fourth-order valence-corrected chi connectivity index (χ4v) is 2.63. The minimum atomic E-state index is -3.09. The number of aliphatic hydroxyl groups is 1. The summed E-state index contributed by atoms with van der Waals surface area (Å²) in [7, 11) is -3.09. The van der Waals surface area contributed by atoms with Gasteiger partial charge in [0.1, 0.15) is 5.76 Å². The summed E-state index contributed by atoms with van der Waals surface area (Å²) in [6.07, 6.45) is 5.47. The zero-order valence-electron chi connectivity index (χ0n) is 10.5. The number of rotatable bonds is 2. The normalized spacial score (nSPS) is 31.2. The lowest BCUT2D eigenvalue weighted by Crippen LogP contribution is -2.35. The molecule has 98 valence electrons. The van der Waals surface area contributed by atoms with E-state index in [1.54, 1.807) is 19.9 Å². The van der Waals surface area contributed by atoms with Crippen LogP contribution >= 0.6 is 0 Å². The zero-order chi connectivity index (χ0) is 13.1. The average Bonchev–Trinajstić information content (AvgIpc) is 3.06. The number of hydrogen-bond acceptors (Lipinski definition) is 4. The lowest BCUT2D eigenvalue weighted by molar-refractivity contribution is 0.422. The maximum atomic E-state index is 11.6. The molecule has 2 rings (SSSR count). The molecule has 2 atom stereocenters. The second-order valence-corrected chi connectivity index (χ2v) is 7.27. The molecule has 1 fully saturated rings. The summed E-state index contributed by atoms with van der Waals surface area (Å²) in [6, 6.07) is 0. The van der Waals surface area contributed by atoms with E-state index in [4.69, 9.17) is 9.84 Å². The van der Waals surface area contributed by atoms with Crippen LogP contribution in [0.15, 0.2) is 24.0 Å². The molecule has 0 radical (unpaired) electrons. The third kappa shape index (κ3) is 3.85. The Hall–Kier alpha value is -0.810. The van der Waals surface area contributed by atoms with Gasteiger partial charge in [0.25, 0.3) is 0 Å². The van der Waals surface area contributed by atoms with Gasteiger partial charge >= 0.3 is 0 Å². The lowest BCUT2D eigenvalue weighted by atomic mass is 10.0. The van der Waals surface area contributed by atoms with Crippen molar-refractivity contribution in [2.45, 2.75) is 38.0 Å². The first-order valence-corrected chi connectivity index (χ1v) is 7.38. The van der Waals surface area contributed by atoms with Gasteiger partial charge in [-0.05, 0) is 32.4 Å². The third-order valence-electron chi connectivity index (χ3n) is 2.91. The summed E-state index contributed by atoms with van der Waals surface area (Å²) < 4.78 is 27.1. The summed E-state index contributed by atoms with van der Waals surface area (Å²) in [5.41, 5.74) is 0. The van der Waals surface area contributed by atoms with Crippen LogP contribution in [0, 0.1) is 0 Å². The van der Waals surface area contributed by atoms with Crippen LogP contribution in [0.5, 0.6) is 0 Å². The average molecular weight is 260 g/mol. The largest absolute Gasteiger partial charge is 0.508 e. The summed E-state index contributed by atoms with van der Waals surface area (Å²) >= 11 is 0. The standard InChI is InChI=1S/C9H14O3S.C3H6O/c1-3-13(11,12)9(2)6-4-8(10)5-7-9;1-3-2-4-3/h4-6,10H,3,7H2,1-2H3;3H,2H2,1H3. The van der Waals surface area contributed by atoms with Crippen molar-refractivity contribution >= 4 is 9.84 Å². The SMILES string of the molecule is CC1CO1.CCS(=O)(=O)C1(C)C=CC(O)=CC1. The molecule has 0 aromatic heterocycles. The smallest absolute Gasteiger partial charge is 0.159 e. The highest BCUT2D eigenvalue weighted by molar-refractivity contribution is 7.92. The molecular formula is C12H20O4S. The van der Waals surface area contributed by atoms with Crippen molar-refractivity contribution in [3.63, 3.8) is 0 Å². The second-order valence-electron chi connectivity index (χ2n) is 4.53. The zero-order valence-corrected chi connectivity index (χ0v) is 11.3.